The lowest BCUT2D eigenvalue weighted by Gasteiger charge is -2.24. The largest absolute Gasteiger partial charge is 0.405 e. The lowest BCUT2D eigenvalue weighted by atomic mass is 10.0. The molecule has 3 aromatic rings. The summed E-state index contributed by atoms with van der Waals surface area (Å²) >= 11 is 0. The number of aryl methyl sites for hydroxylation is 2. The lowest BCUT2D eigenvalue weighted by molar-refractivity contribution is 0.0937. The number of piperidine rings is 1. The highest BCUT2D eigenvalue weighted by Gasteiger charge is 2.26. The maximum absolute atomic E-state index is 13.1. The second-order valence-corrected chi connectivity index (χ2v) is 7.61. The van der Waals surface area contributed by atoms with Gasteiger partial charge in [0.1, 0.15) is 6.04 Å². The molecule has 1 aromatic heterocycles. The molecule has 0 spiro atoms. The van der Waals surface area contributed by atoms with E-state index in [9.17, 15) is 4.79 Å². The van der Waals surface area contributed by atoms with E-state index in [0.717, 1.165) is 42.6 Å². The minimum atomic E-state index is -0.505. The Bertz CT molecular complexity index is 978. The number of nitrogens with one attached hydrogen (secondary N) is 1. The van der Waals surface area contributed by atoms with E-state index in [0.29, 0.717) is 17.5 Å². The van der Waals surface area contributed by atoms with Crippen molar-refractivity contribution in [2.75, 3.05) is 18.0 Å². The quantitative estimate of drug-likeness (QED) is 0.707. The summed E-state index contributed by atoms with van der Waals surface area (Å²) < 4.78 is 6.02. The maximum Gasteiger partial charge on any atom is 0.318 e. The van der Waals surface area contributed by atoms with Crippen LogP contribution in [-0.4, -0.2) is 29.2 Å². The van der Waals surface area contributed by atoms with Crippen LogP contribution in [0.2, 0.25) is 0 Å². The van der Waals surface area contributed by atoms with E-state index in [2.05, 4.69) is 20.4 Å². The number of benzene rings is 2. The standard InChI is InChI=1S/C23H26N4O2/c1-16-11-12-17(2)19(15-16)21(28)24-20(18-9-5-3-6-10-18)22-25-26-23(29-22)27-13-7-4-8-14-27/h3,5-6,9-12,15,20H,4,7-8,13-14H2,1-2H3,(H,24,28). The van der Waals surface area contributed by atoms with Crippen molar-refractivity contribution >= 4 is 11.9 Å². The highest BCUT2D eigenvalue weighted by molar-refractivity contribution is 5.96. The molecule has 1 aliphatic heterocycles. The lowest BCUT2D eigenvalue weighted by Crippen LogP contribution is -2.30. The molecule has 1 unspecified atom stereocenters. The number of rotatable bonds is 5. The normalized spacial score (nSPS) is 15.2. The zero-order valence-electron chi connectivity index (χ0n) is 16.9. The van der Waals surface area contributed by atoms with E-state index in [1.807, 2.05) is 62.4 Å². The van der Waals surface area contributed by atoms with Gasteiger partial charge in [-0.05, 0) is 50.3 Å². The van der Waals surface area contributed by atoms with E-state index in [1.165, 1.54) is 6.42 Å². The van der Waals surface area contributed by atoms with Crippen molar-refractivity contribution in [3.63, 3.8) is 0 Å². The van der Waals surface area contributed by atoms with Gasteiger partial charge in [0, 0.05) is 18.7 Å². The average Bonchev–Trinajstić information content (AvgIpc) is 3.25. The molecule has 1 atom stereocenters. The zero-order valence-corrected chi connectivity index (χ0v) is 16.9. The van der Waals surface area contributed by atoms with Gasteiger partial charge in [-0.3, -0.25) is 4.79 Å². The van der Waals surface area contributed by atoms with Crippen molar-refractivity contribution in [2.24, 2.45) is 0 Å². The Morgan fingerprint density at radius 2 is 1.79 bits per heavy atom. The number of anilines is 1. The Labute approximate surface area is 170 Å². The van der Waals surface area contributed by atoms with Crippen LogP contribution in [0.15, 0.2) is 52.9 Å². The number of amides is 1. The molecule has 1 aliphatic rings. The van der Waals surface area contributed by atoms with Gasteiger partial charge in [-0.2, -0.15) is 0 Å². The minimum absolute atomic E-state index is 0.155. The molecule has 1 N–H and O–H groups in total. The van der Waals surface area contributed by atoms with Crippen LogP contribution in [0.4, 0.5) is 6.01 Å². The number of carbonyl (C=O) groups excluding carboxylic acids is 1. The molecule has 2 heterocycles. The van der Waals surface area contributed by atoms with Crippen LogP contribution < -0.4 is 10.2 Å². The van der Waals surface area contributed by atoms with E-state index >= 15 is 0 Å². The molecule has 0 bridgehead atoms. The van der Waals surface area contributed by atoms with Gasteiger partial charge in [-0.15, -0.1) is 5.10 Å². The SMILES string of the molecule is Cc1ccc(C)c(C(=O)NC(c2ccccc2)c2nnc(N3CCCCC3)o2)c1. The Kier molecular flexibility index (Phi) is 5.60. The Hall–Kier alpha value is -3.15. The monoisotopic (exact) mass is 390 g/mol. The zero-order chi connectivity index (χ0) is 20.2. The van der Waals surface area contributed by atoms with Crippen molar-refractivity contribution < 1.29 is 9.21 Å². The summed E-state index contributed by atoms with van der Waals surface area (Å²) in [6, 6.07) is 15.6. The fraction of sp³-hybridized carbons (Fsp3) is 0.348. The summed E-state index contributed by atoms with van der Waals surface area (Å²) in [7, 11) is 0. The van der Waals surface area contributed by atoms with Crippen LogP contribution in [0.1, 0.15) is 58.2 Å². The number of aromatic nitrogens is 2. The van der Waals surface area contributed by atoms with Crippen molar-refractivity contribution in [2.45, 2.75) is 39.2 Å². The van der Waals surface area contributed by atoms with Crippen LogP contribution in [0, 0.1) is 13.8 Å². The first kappa shape index (κ1) is 19.2. The summed E-state index contributed by atoms with van der Waals surface area (Å²) in [6.45, 7) is 5.76. The second-order valence-electron chi connectivity index (χ2n) is 7.61. The molecule has 1 amide bonds. The van der Waals surface area contributed by atoms with Crippen molar-refractivity contribution in [3.05, 3.63) is 76.7 Å². The van der Waals surface area contributed by atoms with Gasteiger partial charge in [-0.25, -0.2) is 0 Å². The maximum atomic E-state index is 13.1. The smallest absolute Gasteiger partial charge is 0.318 e. The molecule has 6 heteroatoms. The molecule has 150 valence electrons. The van der Waals surface area contributed by atoms with Crippen molar-refractivity contribution in [1.82, 2.24) is 15.5 Å². The molecule has 2 aromatic carbocycles. The molecule has 0 radical (unpaired) electrons. The average molecular weight is 390 g/mol. The van der Waals surface area contributed by atoms with E-state index in [-0.39, 0.29) is 5.91 Å². The third-order valence-corrected chi connectivity index (χ3v) is 5.35. The van der Waals surface area contributed by atoms with Gasteiger partial charge < -0.3 is 14.6 Å². The number of carbonyl (C=O) groups is 1. The van der Waals surface area contributed by atoms with E-state index in [1.54, 1.807) is 0 Å². The van der Waals surface area contributed by atoms with Gasteiger partial charge in [-0.1, -0.05) is 53.1 Å². The third kappa shape index (κ3) is 4.31. The minimum Gasteiger partial charge on any atom is -0.405 e. The number of hydrogen-bond donors (Lipinski definition) is 1. The highest BCUT2D eigenvalue weighted by Crippen LogP contribution is 2.26. The summed E-state index contributed by atoms with van der Waals surface area (Å²) in [6.07, 6.45) is 3.49. The first-order valence-corrected chi connectivity index (χ1v) is 10.1. The molecule has 1 fully saturated rings. The van der Waals surface area contributed by atoms with Gasteiger partial charge in [0.15, 0.2) is 0 Å². The van der Waals surface area contributed by atoms with Crippen molar-refractivity contribution in [1.29, 1.82) is 0 Å². The molecular formula is C23H26N4O2. The highest BCUT2D eigenvalue weighted by atomic mass is 16.4. The molecule has 4 rings (SSSR count). The van der Waals surface area contributed by atoms with Crippen molar-refractivity contribution in [3.8, 4) is 0 Å². The topological polar surface area (TPSA) is 71.3 Å². The molecule has 0 aliphatic carbocycles. The molecule has 29 heavy (non-hydrogen) atoms. The van der Waals surface area contributed by atoms with Gasteiger partial charge in [0.25, 0.3) is 5.91 Å². The van der Waals surface area contributed by atoms with E-state index < -0.39 is 6.04 Å². The molecule has 0 saturated carbocycles. The summed E-state index contributed by atoms with van der Waals surface area (Å²) in [4.78, 5) is 15.2. The van der Waals surface area contributed by atoms with Gasteiger partial charge >= 0.3 is 6.01 Å². The van der Waals surface area contributed by atoms with Crippen LogP contribution >= 0.6 is 0 Å². The molecule has 1 saturated heterocycles. The van der Waals surface area contributed by atoms with Gasteiger partial charge in [0.2, 0.25) is 5.89 Å². The summed E-state index contributed by atoms with van der Waals surface area (Å²) in [5, 5.41) is 11.6. The number of nitrogens with zero attached hydrogens (tertiary/aromatic N) is 3. The fourth-order valence-electron chi connectivity index (χ4n) is 3.68. The second kappa shape index (κ2) is 8.47. The van der Waals surface area contributed by atoms with Crippen LogP contribution in [0.3, 0.4) is 0 Å². The summed E-state index contributed by atoms with van der Waals surface area (Å²) in [5.74, 6) is 0.244. The van der Waals surface area contributed by atoms with Gasteiger partial charge in [0.05, 0.1) is 0 Å². The van der Waals surface area contributed by atoms with Crippen LogP contribution in [0.25, 0.3) is 0 Å². The predicted molar refractivity (Wildman–Crippen MR) is 112 cm³/mol. The van der Waals surface area contributed by atoms with E-state index in [4.69, 9.17) is 4.42 Å². The van der Waals surface area contributed by atoms with Crippen LogP contribution in [0.5, 0.6) is 0 Å². The number of hydrogen-bond acceptors (Lipinski definition) is 5. The molecule has 6 nitrogen and oxygen atoms in total. The fourth-order valence-corrected chi connectivity index (χ4v) is 3.68. The Morgan fingerprint density at radius 3 is 2.55 bits per heavy atom. The Morgan fingerprint density at radius 1 is 1.03 bits per heavy atom. The summed E-state index contributed by atoms with van der Waals surface area (Å²) in [5.41, 5.74) is 3.53. The third-order valence-electron chi connectivity index (χ3n) is 5.35. The molecular weight excluding hydrogens is 364 g/mol. The predicted octanol–water partition coefficient (Wildman–Crippen LogP) is 4.20. The first-order valence-electron chi connectivity index (χ1n) is 10.1. The Balaban J connectivity index is 1.63. The van der Waals surface area contributed by atoms with Crippen LogP contribution in [-0.2, 0) is 0 Å². The first-order chi connectivity index (χ1) is 14.1.